The average molecular weight is 251 g/mol. The molecule has 1 aromatic rings. The summed E-state index contributed by atoms with van der Waals surface area (Å²) in [5, 5.41) is 14.8. The minimum atomic E-state index is -0.174. The van der Waals surface area contributed by atoms with Gasteiger partial charge in [-0.05, 0) is 39.3 Å². The summed E-state index contributed by atoms with van der Waals surface area (Å²) in [6, 6.07) is 3.62. The molecule has 0 aliphatic carbocycles. The number of rotatable bonds is 6. The van der Waals surface area contributed by atoms with E-state index in [4.69, 9.17) is 5.11 Å². The molecule has 0 radical (unpaired) electrons. The molecule has 0 aliphatic heterocycles. The number of amides is 1. The molecule has 0 aliphatic rings. The lowest BCUT2D eigenvalue weighted by molar-refractivity contribution is 0.0935. The highest BCUT2D eigenvalue weighted by Gasteiger charge is 2.14. The Morgan fingerprint density at radius 3 is 2.78 bits per heavy atom. The summed E-state index contributed by atoms with van der Waals surface area (Å²) in [5.74, 6) is 0.411. The molecule has 5 heteroatoms. The second-order valence-corrected chi connectivity index (χ2v) is 4.59. The normalized spacial score (nSPS) is 12.3. The first-order chi connectivity index (χ1) is 8.54. The zero-order chi connectivity index (χ0) is 13.5. The van der Waals surface area contributed by atoms with Gasteiger partial charge in [0.2, 0.25) is 0 Å². The third-order valence-electron chi connectivity index (χ3n) is 2.42. The van der Waals surface area contributed by atoms with E-state index >= 15 is 0 Å². The number of pyridine rings is 1. The van der Waals surface area contributed by atoms with Gasteiger partial charge in [-0.15, -0.1) is 0 Å². The van der Waals surface area contributed by atoms with Gasteiger partial charge in [0.25, 0.3) is 5.91 Å². The van der Waals surface area contributed by atoms with E-state index in [1.54, 1.807) is 18.3 Å². The molecule has 1 heterocycles. The van der Waals surface area contributed by atoms with Crippen LogP contribution in [0.5, 0.6) is 0 Å². The van der Waals surface area contributed by atoms with E-state index in [2.05, 4.69) is 15.6 Å². The molecule has 1 rings (SSSR count). The second kappa shape index (κ2) is 6.96. The molecule has 1 aromatic heterocycles. The fraction of sp³-hybridized carbons (Fsp3) is 0.538. The Morgan fingerprint density at radius 1 is 1.44 bits per heavy atom. The number of hydrogen-bond acceptors (Lipinski definition) is 4. The molecule has 0 saturated heterocycles. The van der Waals surface area contributed by atoms with Crippen LogP contribution in [0.15, 0.2) is 18.3 Å². The summed E-state index contributed by atoms with van der Waals surface area (Å²) >= 11 is 0. The van der Waals surface area contributed by atoms with Gasteiger partial charge >= 0.3 is 0 Å². The first-order valence-electron chi connectivity index (χ1n) is 6.18. The maximum atomic E-state index is 12.1. The molecule has 0 fully saturated rings. The zero-order valence-corrected chi connectivity index (χ0v) is 11.1. The van der Waals surface area contributed by atoms with Crippen LogP contribution in [-0.2, 0) is 0 Å². The largest absolute Gasteiger partial charge is 0.396 e. The van der Waals surface area contributed by atoms with Gasteiger partial charge in [-0.2, -0.15) is 0 Å². The van der Waals surface area contributed by atoms with Crippen molar-refractivity contribution in [2.45, 2.75) is 39.3 Å². The predicted molar refractivity (Wildman–Crippen MR) is 71.6 cm³/mol. The van der Waals surface area contributed by atoms with Gasteiger partial charge in [0, 0.05) is 24.9 Å². The number of hydrogen-bond donors (Lipinski definition) is 3. The minimum Gasteiger partial charge on any atom is -0.396 e. The molecular formula is C13H21N3O2. The van der Waals surface area contributed by atoms with Crippen molar-refractivity contribution >= 4 is 11.7 Å². The zero-order valence-electron chi connectivity index (χ0n) is 11.1. The molecular weight excluding hydrogens is 230 g/mol. The van der Waals surface area contributed by atoms with E-state index in [1.807, 2.05) is 20.8 Å². The van der Waals surface area contributed by atoms with Crippen molar-refractivity contribution in [2.24, 2.45) is 0 Å². The van der Waals surface area contributed by atoms with E-state index in [0.717, 1.165) is 0 Å². The molecule has 0 spiro atoms. The Morgan fingerprint density at radius 2 is 2.17 bits per heavy atom. The molecule has 0 saturated carbocycles. The Bertz CT molecular complexity index is 394. The number of nitrogens with one attached hydrogen (secondary N) is 2. The maximum absolute atomic E-state index is 12.1. The third-order valence-corrected chi connectivity index (χ3v) is 2.42. The topological polar surface area (TPSA) is 74.2 Å². The minimum absolute atomic E-state index is 0.0605. The Hall–Kier alpha value is -1.62. The lowest BCUT2D eigenvalue weighted by Gasteiger charge is -2.16. The Labute approximate surface area is 108 Å². The van der Waals surface area contributed by atoms with E-state index in [9.17, 15) is 4.79 Å². The van der Waals surface area contributed by atoms with Gasteiger partial charge in [0.05, 0.1) is 5.56 Å². The lowest BCUT2D eigenvalue weighted by atomic mass is 10.2. The van der Waals surface area contributed by atoms with Crippen LogP contribution in [-0.4, -0.2) is 34.7 Å². The van der Waals surface area contributed by atoms with Crippen molar-refractivity contribution in [1.29, 1.82) is 0 Å². The number of carbonyl (C=O) groups excluding carboxylic acids is 1. The van der Waals surface area contributed by atoms with Gasteiger partial charge in [-0.1, -0.05) is 0 Å². The Kier molecular flexibility index (Phi) is 5.58. The van der Waals surface area contributed by atoms with Crippen molar-refractivity contribution < 1.29 is 9.90 Å². The lowest BCUT2D eigenvalue weighted by Crippen LogP contribution is -2.34. The van der Waals surface area contributed by atoms with Crippen LogP contribution in [0.1, 0.15) is 37.6 Å². The molecule has 18 heavy (non-hydrogen) atoms. The first-order valence-corrected chi connectivity index (χ1v) is 6.18. The first kappa shape index (κ1) is 14.4. The number of aromatic nitrogens is 1. The van der Waals surface area contributed by atoms with Crippen molar-refractivity contribution in [3.05, 3.63) is 23.9 Å². The summed E-state index contributed by atoms with van der Waals surface area (Å²) in [7, 11) is 0. The molecule has 3 N–H and O–H groups in total. The monoisotopic (exact) mass is 251 g/mol. The highest BCUT2D eigenvalue weighted by atomic mass is 16.3. The third kappa shape index (κ3) is 4.33. The molecule has 1 atom stereocenters. The highest BCUT2D eigenvalue weighted by Crippen LogP contribution is 2.12. The van der Waals surface area contributed by atoms with Crippen LogP contribution < -0.4 is 10.6 Å². The summed E-state index contributed by atoms with van der Waals surface area (Å²) in [4.78, 5) is 16.2. The molecule has 5 nitrogen and oxygen atoms in total. The van der Waals surface area contributed by atoms with Gasteiger partial charge < -0.3 is 15.7 Å². The maximum Gasteiger partial charge on any atom is 0.255 e. The van der Waals surface area contributed by atoms with Gasteiger partial charge in [-0.25, -0.2) is 4.98 Å². The van der Waals surface area contributed by atoms with E-state index < -0.39 is 0 Å². The van der Waals surface area contributed by atoms with E-state index in [1.165, 1.54) is 0 Å². The van der Waals surface area contributed by atoms with E-state index in [-0.39, 0.29) is 24.6 Å². The van der Waals surface area contributed by atoms with Crippen molar-refractivity contribution in [3.63, 3.8) is 0 Å². The van der Waals surface area contributed by atoms with Crippen molar-refractivity contribution in [1.82, 2.24) is 10.3 Å². The van der Waals surface area contributed by atoms with Gasteiger partial charge in [0.1, 0.15) is 5.82 Å². The highest BCUT2D eigenvalue weighted by molar-refractivity contribution is 5.98. The van der Waals surface area contributed by atoms with Crippen LogP contribution in [0.2, 0.25) is 0 Å². The SMILES string of the molecule is CC(C)Nc1ncccc1C(=O)NC(C)CCO. The standard InChI is InChI=1S/C13H21N3O2/c1-9(2)15-12-11(5-4-7-14-12)13(18)16-10(3)6-8-17/h4-5,7,9-10,17H,6,8H2,1-3H3,(H,14,15)(H,16,18). The number of aliphatic hydroxyl groups excluding tert-OH is 1. The quantitative estimate of drug-likeness (QED) is 0.714. The van der Waals surface area contributed by atoms with Crippen LogP contribution in [0.3, 0.4) is 0 Å². The molecule has 0 aromatic carbocycles. The molecule has 1 amide bonds. The predicted octanol–water partition coefficient (Wildman–Crippen LogP) is 1.40. The summed E-state index contributed by atoms with van der Waals surface area (Å²) in [5.41, 5.74) is 0.524. The number of anilines is 1. The summed E-state index contributed by atoms with van der Waals surface area (Å²) in [6.07, 6.45) is 2.19. The van der Waals surface area contributed by atoms with Crippen LogP contribution in [0.25, 0.3) is 0 Å². The number of carbonyl (C=O) groups is 1. The average Bonchev–Trinajstić information content (AvgIpc) is 2.28. The molecule has 0 bridgehead atoms. The summed E-state index contributed by atoms with van der Waals surface area (Å²) in [6.45, 7) is 5.90. The van der Waals surface area contributed by atoms with Crippen LogP contribution >= 0.6 is 0 Å². The Balaban J connectivity index is 2.78. The van der Waals surface area contributed by atoms with Crippen LogP contribution in [0, 0.1) is 0 Å². The van der Waals surface area contributed by atoms with Crippen LogP contribution in [0.4, 0.5) is 5.82 Å². The summed E-state index contributed by atoms with van der Waals surface area (Å²) < 4.78 is 0. The van der Waals surface area contributed by atoms with Crippen molar-refractivity contribution in [3.8, 4) is 0 Å². The molecule has 1 unspecified atom stereocenters. The smallest absolute Gasteiger partial charge is 0.255 e. The van der Waals surface area contributed by atoms with Crippen molar-refractivity contribution in [2.75, 3.05) is 11.9 Å². The van der Waals surface area contributed by atoms with Gasteiger partial charge in [0.15, 0.2) is 0 Å². The van der Waals surface area contributed by atoms with Gasteiger partial charge in [-0.3, -0.25) is 4.79 Å². The fourth-order valence-electron chi connectivity index (χ4n) is 1.54. The number of nitrogens with zero attached hydrogens (tertiary/aromatic N) is 1. The second-order valence-electron chi connectivity index (χ2n) is 4.59. The van der Waals surface area contributed by atoms with E-state index in [0.29, 0.717) is 17.8 Å². The number of aliphatic hydroxyl groups is 1. The molecule has 100 valence electrons. The fourth-order valence-corrected chi connectivity index (χ4v) is 1.54.